The van der Waals surface area contributed by atoms with Gasteiger partial charge in [0.1, 0.15) is 0 Å². The summed E-state index contributed by atoms with van der Waals surface area (Å²) in [5.41, 5.74) is 3.97. The smallest absolute Gasteiger partial charge is 0.226 e. The Morgan fingerprint density at radius 1 is 1.13 bits per heavy atom. The number of nitrogens with zero attached hydrogens (tertiary/aromatic N) is 4. The third-order valence-electron chi connectivity index (χ3n) is 5.65. The Bertz CT molecular complexity index is 1070. The van der Waals surface area contributed by atoms with Crippen LogP contribution in [0, 0.1) is 17.2 Å². The molecule has 1 atom stereocenters. The Labute approximate surface area is 181 Å². The molecule has 1 amide bonds. The molecule has 1 aliphatic rings. The fourth-order valence-electron chi connectivity index (χ4n) is 3.99. The first-order chi connectivity index (χ1) is 14.6. The fraction of sp³-hybridized carbons (Fsp3) is 0.292. The van der Waals surface area contributed by atoms with Gasteiger partial charge in [0.15, 0.2) is 0 Å². The normalized spacial score (nSPS) is 16.1. The maximum absolute atomic E-state index is 12.8. The number of halogens is 1. The molecule has 1 saturated heterocycles. The molecule has 0 unspecified atom stereocenters. The van der Waals surface area contributed by atoms with Crippen molar-refractivity contribution < 1.29 is 4.79 Å². The van der Waals surface area contributed by atoms with Gasteiger partial charge >= 0.3 is 0 Å². The van der Waals surface area contributed by atoms with Gasteiger partial charge in [-0.15, -0.1) is 0 Å². The Hall–Kier alpha value is -3.10. The highest BCUT2D eigenvalue weighted by atomic mass is 35.5. The summed E-state index contributed by atoms with van der Waals surface area (Å²) in [6, 6.07) is 17.4. The quantitative estimate of drug-likeness (QED) is 0.570. The average Bonchev–Trinajstić information content (AvgIpc) is 3.33. The van der Waals surface area contributed by atoms with Crippen molar-refractivity contribution in [3.05, 3.63) is 88.5 Å². The predicted octanol–water partition coefficient (Wildman–Crippen LogP) is 4.44. The number of hydrogen-bond acceptors (Lipinski definition) is 3. The van der Waals surface area contributed by atoms with E-state index in [0.29, 0.717) is 23.7 Å². The Morgan fingerprint density at radius 3 is 2.73 bits per heavy atom. The molecule has 2 aromatic carbocycles. The monoisotopic (exact) mass is 418 g/mol. The maximum Gasteiger partial charge on any atom is 0.226 e. The van der Waals surface area contributed by atoms with Crippen molar-refractivity contribution in [3.63, 3.8) is 0 Å². The number of aryl methyl sites for hydroxylation is 1. The van der Waals surface area contributed by atoms with Crippen LogP contribution in [0.3, 0.4) is 0 Å². The number of carbonyl (C=O) groups is 1. The van der Waals surface area contributed by atoms with Crippen LogP contribution in [0.4, 0.5) is 0 Å². The van der Waals surface area contributed by atoms with Crippen LogP contribution in [-0.2, 0) is 24.3 Å². The second-order valence-corrected chi connectivity index (χ2v) is 8.17. The standard InChI is InChI=1S/C24H23ClN4O/c25-22-3-1-2-20(12-22)16-28-11-10-21(24(28)30)8-9-23-14-27-17-29(23)15-19-6-4-18(13-26)5-7-19/h1-7,12,14,17,21H,8-11,15-16H2/t21-/m0/s1. The molecule has 1 aromatic heterocycles. The summed E-state index contributed by atoms with van der Waals surface area (Å²) < 4.78 is 2.12. The molecule has 0 bridgehead atoms. The van der Waals surface area contributed by atoms with Gasteiger partial charge in [-0.05, 0) is 54.7 Å². The van der Waals surface area contributed by atoms with Crippen LogP contribution in [0.2, 0.25) is 5.02 Å². The lowest BCUT2D eigenvalue weighted by Gasteiger charge is -2.17. The number of imidazole rings is 1. The van der Waals surface area contributed by atoms with Crippen LogP contribution in [0.5, 0.6) is 0 Å². The molecule has 6 heteroatoms. The molecule has 0 N–H and O–H groups in total. The molecule has 4 rings (SSSR count). The zero-order valence-electron chi connectivity index (χ0n) is 16.7. The van der Waals surface area contributed by atoms with E-state index in [9.17, 15) is 4.79 Å². The Morgan fingerprint density at radius 2 is 1.97 bits per heavy atom. The summed E-state index contributed by atoms with van der Waals surface area (Å²) in [6.45, 7) is 2.12. The van der Waals surface area contributed by atoms with Crippen molar-refractivity contribution in [2.75, 3.05) is 6.54 Å². The third kappa shape index (κ3) is 4.72. The largest absolute Gasteiger partial charge is 0.338 e. The number of hydrogen-bond donors (Lipinski definition) is 0. The Balaban J connectivity index is 1.33. The van der Waals surface area contributed by atoms with Crippen LogP contribution in [0.1, 0.15) is 35.2 Å². The van der Waals surface area contributed by atoms with Gasteiger partial charge in [-0.25, -0.2) is 4.98 Å². The molecular formula is C24H23ClN4O. The van der Waals surface area contributed by atoms with Crippen LogP contribution in [-0.4, -0.2) is 26.9 Å². The van der Waals surface area contributed by atoms with E-state index in [1.165, 1.54) is 0 Å². The first kappa shape index (κ1) is 20.2. The van der Waals surface area contributed by atoms with Gasteiger partial charge in [0.25, 0.3) is 0 Å². The van der Waals surface area contributed by atoms with Gasteiger partial charge < -0.3 is 9.47 Å². The maximum atomic E-state index is 12.8. The zero-order valence-corrected chi connectivity index (χ0v) is 17.4. The van der Waals surface area contributed by atoms with E-state index in [4.69, 9.17) is 16.9 Å². The SMILES string of the molecule is N#Cc1ccc(Cn2cncc2CC[C@H]2CCN(Cc3cccc(Cl)c3)C2=O)cc1. The topological polar surface area (TPSA) is 61.9 Å². The first-order valence-corrected chi connectivity index (χ1v) is 10.5. The van der Waals surface area contributed by atoms with E-state index in [1.54, 1.807) is 0 Å². The van der Waals surface area contributed by atoms with Crippen molar-refractivity contribution in [2.45, 2.75) is 32.4 Å². The van der Waals surface area contributed by atoms with E-state index in [0.717, 1.165) is 42.6 Å². The van der Waals surface area contributed by atoms with Crippen LogP contribution in [0.15, 0.2) is 61.1 Å². The molecule has 0 saturated carbocycles. The molecule has 1 fully saturated rings. The second kappa shape index (κ2) is 9.15. The van der Waals surface area contributed by atoms with E-state index < -0.39 is 0 Å². The molecule has 0 aliphatic carbocycles. The number of likely N-dealkylation sites (tertiary alicyclic amines) is 1. The minimum atomic E-state index is 0.0578. The van der Waals surface area contributed by atoms with Crippen LogP contribution < -0.4 is 0 Å². The van der Waals surface area contributed by atoms with Gasteiger partial charge in [0.05, 0.1) is 18.0 Å². The first-order valence-electron chi connectivity index (χ1n) is 10.1. The van der Waals surface area contributed by atoms with E-state index in [1.807, 2.05) is 66.0 Å². The summed E-state index contributed by atoms with van der Waals surface area (Å²) in [5, 5.41) is 9.64. The molecule has 5 nitrogen and oxygen atoms in total. The number of nitriles is 1. The number of aromatic nitrogens is 2. The highest BCUT2D eigenvalue weighted by molar-refractivity contribution is 6.30. The zero-order chi connectivity index (χ0) is 20.9. The summed E-state index contributed by atoms with van der Waals surface area (Å²) in [6.07, 6.45) is 6.24. The van der Waals surface area contributed by atoms with Crippen molar-refractivity contribution >= 4 is 17.5 Å². The molecule has 0 spiro atoms. The molecule has 3 aromatic rings. The summed E-state index contributed by atoms with van der Waals surface area (Å²) >= 11 is 6.06. The van der Waals surface area contributed by atoms with Crippen molar-refractivity contribution in [1.82, 2.24) is 14.5 Å². The highest BCUT2D eigenvalue weighted by Crippen LogP contribution is 2.25. The van der Waals surface area contributed by atoms with Gasteiger partial charge in [-0.3, -0.25) is 4.79 Å². The average molecular weight is 419 g/mol. The molecular weight excluding hydrogens is 396 g/mol. The van der Waals surface area contributed by atoms with Gasteiger partial charge in [-0.2, -0.15) is 5.26 Å². The van der Waals surface area contributed by atoms with E-state index in [-0.39, 0.29) is 11.8 Å². The van der Waals surface area contributed by atoms with Crippen molar-refractivity contribution in [1.29, 1.82) is 5.26 Å². The lowest BCUT2D eigenvalue weighted by molar-refractivity contribution is -0.131. The predicted molar refractivity (Wildman–Crippen MR) is 116 cm³/mol. The number of carbonyl (C=O) groups excluding carboxylic acids is 1. The van der Waals surface area contributed by atoms with Gasteiger partial charge in [0.2, 0.25) is 5.91 Å². The molecule has 2 heterocycles. The number of benzene rings is 2. The molecule has 1 aliphatic heterocycles. The van der Waals surface area contributed by atoms with E-state index in [2.05, 4.69) is 15.6 Å². The minimum Gasteiger partial charge on any atom is -0.338 e. The van der Waals surface area contributed by atoms with Crippen LogP contribution >= 0.6 is 11.6 Å². The van der Waals surface area contributed by atoms with Gasteiger partial charge in [0, 0.05) is 42.5 Å². The summed E-state index contributed by atoms with van der Waals surface area (Å²) in [5.74, 6) is 0.288. The van der Waals surface area contributed by atoms with E-state index >= 15 is 0 Å². The van der Waals surface area contributed by atoms with Crippen molar-refractivity contribution in [2.24, 2.45) is 5.92 Å². The third-order valence-corrected chi connectivity index (χ3v) is 5.89. The number of rotatable bonds is 7. The lowest BCUT2D eigenvalue weighted by Crippen LogP contribution is -2.27. The fourth-order valence-corrected chi connectivity index (χ4v) is 4.20. The lowest BCUT2D eigenvalue weighted by atomic mass is 10.0. The highest BCUT2D eigenvalue weighted by Gasteiger charge is 2.31. The summed E-state index contributed by atoms with van der Waals surface area (Å²) in [7, 11) is 0. The summed E-state index contributed by atoms with van der Waals surface area (Å²) in [4.78, 5) is 19.1. The second-order valence-electron chi connectivity index (χ2n) is 7.74. The molecule has 152 valence electrons. The molecule has 0 radical (unpaired) electrons. The Kier molecular flexibility index (Phi) is 6.15. The van der Waals surface area contributed by atoms with Gasteiger partial charge in [-0.1, -0.05) is 35.9 Å². The minimum absolute atomic E-state index is 0.0578. The van der Waals surface area contributed by atoms with Crippen LogP contribution in [0.25, 0.3) is 0 Å². The molecule has 30 heavy (non-hydrogen) atoms. The number of amides is 1. The van der Waals surface area contributed by atoms with Crippen molar-refractivity contribution in [3.8, 4) is 6.07 Å².